The highest BCUT2D eigenvalue weighted by Crippen LogP contribution is 2.31. The summed E-state index contributed by atoms with van der Waals surface area (Å²) in [4.78, 5) is 9.44. The summed E-state index contributed by atoms with van der Waals surface area (Å²) in [6.45, 7) is 1.89. The molecule has 0 aliphatic rings. The van der Waals surface area contributed by atoms with Crippen LogP contribution < -0.4 is 10.6 Å². The summed E-state index contributed by atoms with van der Waals surface area (Å²) in [5, 5.41) is 1.91. The van der Waals surface area contributed by atoms with Gasteiger partial charge in [-0.05, 0) is 18.4 Å². The van der Waals surface area contributed by atoms with Crippen molar-refractivity contribution in [2.45, 2.75) is 19.1 Å². The Morgan fingerprint density at radius 2 is 2.05 bits per heavy atom. The maximum absolute atomic E-state index is 12.7. The first-order chi connectivity index (χ1) is 9.29. The van der Waals surface area contributed by atoms with Crippen molar-refractivity contribution in [1.82, 2.24) is 9.97 Å². The first-order valence-corrected chi connectivity index (χ1v) is 6.65. The zero-order valence-corrected chi connectivity index (χ0v) is 11.7. The topological polar surface area (TPSA) is 55.0 Å². The van der Waals surface area contributed by atoms with E-state index < -0.39 is 12.0 Å². The van der Waals surface area contributed by atoms with E-state index in [2.05, 4.69) is 9.97 Å². The molecule has 2 aromatic heterocycles. The largest absolute Gasteiger partial charge is 0.451 e. The second-order valence-electron chi connectivity index (χ2n) is 4.27. The third kappa shape index (κ3) is 3.01. The molecular formula is C12H13F3N4S. The zero-order chi connectivity index (χ0) is 14.9. The fourth-order valence-electron chi connectivity index (χ4n) is 1.68. The van der Waals surface area contributed by atoms with Crippen molar-refractivity contribution >= 4 is 23.0 Å². The van der Waals surface area contributed by atoms with E-state index in [4.69, 9.17) is 5.73 Å². The number of hydrogen-bond acceptors (Lipinski definition) is 5. The second kappa shape index (κ2) is 5.28. The van der Waals surface area contributed by atoms with Crippen molar-refractivity contribution in [3.05, 3.63) is 34.3 Å². The van der Waals surface area contributed by atoms with Crippen molar-refractivity contribution in [2.24, 2.45) is 0 Å². The van der Waals surface area contributed by atoms with E-state index in [1.54, 1.807) is 11.9 Å². The standard InChI is InChI=1S/C12H13F3N4S/c1-7(8-4-3-5-20-8)19(2)10-6-9(16)17-11(18-10)12(13,14)15/h3-7H,1-2H3,(H2,16,17,18). The van der Waals surface area contributed by atoms with E-state index in [1.165, 1.54) is 17.4 Å². The molecule has 0 saturated carbocycles. The van der Waals surface area contributed by atoms with Gasteiger partial charge in [0.25, 0.3) is 0 Å². The number of thiophene rings is 1. The highest BCUT2D eigenvalue weighted by atomic mass is 32.1. The highest BCUT2D eigenvalue weighted by molar-refractivity contribution is 7.10. The van der Waals surface area contributed by atoms with Gasteiger partial charge in [0.05, 0.1) is 6.04 Å². The van der Waals surface area contributed by atoms with Crippen LogP contribution in [0.1, 0.15) is 23.7 Å². The van der Waals surface area contributed by atoms with Crippen molar-refractivity contribution in [3.8, 4) is 0 Å². The van der Waals surface area contributed by atoms with Crippen molar-refractivity contribution in [2.75, 3.05) is 17.7 Å². The predicted octanol–water partition coefficient (Wildman–Crippen LogP) is 3.34. The predicted molar refractivity (Wildman–Crippen MR) is 72.6 cm³/mol. The molecule has 2 rings (SSSR count). The average Bonchev–Trinajstić information content (AvgIpc) is 2.89. The lowest BCUT2D eigenvalue weighted by molar-refractivity contribution is -0.144. The number of anilines is 2. The number of hydrogen-bond donors (Lipinski definition) is 1. The summed E-state index contributed by atoms with van der Waals surface area (Å²) in [6, 6.07) is 5.03. The van der Waals surface area contributed by atoms with Crippen molar-refractivity contribution in [1.29, 1.82) is 0 Å². The maximum atomic E-state index is 12.7. The number of alkyl halides is 3. The molecule has 0 saturated heterocycles. The smallest absolute Gasteiger partial charge is 0.384 e. The van der Waals surface area contributed by atoms with Crippen LogP contribution in [0, 0.1) is 0 Å². The molecule has 0 bridgehead atoms. The molecule has 0 spiro atoms. The lowest BCUT2D eigenvalue weighted by Gasteiger charge is -2.25. The van der Waals surface area contributed by atoms with E-state index in [0.717, 1.165) is 4.88 Å². The molecule has 0 aromatic carbocycles. The van der Waals surface area contributed by atoms with Crippen molar-refractivity contribution < 1.29 is 13.2 Å². The number of nitrogen functional groups attached to an aromatic ring is 1. The van der Waals surface area contributed by atoms with Gasteiger partial charge in [-0.25, -0.2) is 9.97 Å². The van der Waals surface area contributed by atoms with Crippen molar-refractivity contribution in [3.63, 3.8) is 0 Å². The van der Waals surface area contributed by atoms with E-state index in [-0.39, 0.29) is 17.7 Å². The minimum Gasteiger partial charge on any atom is -0.384 e. The van der Waals surface area contributed by atoms with E-state index in [0.29, 0.717) is 0 Å². The Morgan fingerprint density at radius 3 is 2.60 bits per heavy atom. The maximum Gasteiger partial charge on any atom is 0.451 e. The molecule has 0 amide bonds. The molecule has 20 heavy (non-hydrogen) atoms. The molecule has 4 nitrogen and oxygen atoms in total. The Hall–Kier alpha value is -1.83. The molecule has 2 N–H and O–H groups in total. The summed E-state index contributed by atoms with van der Waals surface area (Å²) >= 11 is 1.53. The zero-order valence-electron chi connectivity index (χ0n) is 10.8. The van der Waals surface area contributed by atoms with E-state index in [9.17, 15) is 13.2 Å². The third-order valence-electron chi connectivity index (χ3n) is 2.88. The van der Waals surface area contributed by atoms with E-state index >= 15 is 0 Å². The molecule has 0 aliphatic heterocycles. The van der Waals surface area contributed by atoms with Crippen LogP contribution in [-0.4, -0.2) is 17.0 Å². The number of aromatic nitrogens is 2. The summed E-state index contributed by atoms with van der Waals surface area (Å²) in [5.74, 6) is -1.28. The SMILES string of the molecule is CC(c1cccs1)N(C)c1cc(N)nc(C(F)(F)F)n1. The van der Waals surface area contributed by atoms with Gasteiger partial charge in [0.15, 0.2) is 0 Å². The van der Waals surface area contributed by atoms with Crippen LogP contribution in [0.2, 0.25) is 0 Å². The van der Waals surface area contributed by atoms with Gasteiger partial charge in [-0.2, -0.15) is 13.2 Å². The van der Waals surface area contributed by atoms with Gasteiger partial charge in [0.2, 0.25) is 5.82 Å². The Balaban J connectivity index is 2.35. The average molecular weight is 302 g/mol. The molecule has 108 valence electrons. The Kier molecular flexibility index (Phi) is 3.85. The molecule has 0 aliphatic carbocycles. The first kappa shape index (κ1) is 14.6. The third-order valence-corrected chi connectivity index (χ3v) is 3.93. The van der Waals surface area contributed by atoms with Crippen LogP contribution >= 0.6 is 11.3 Å². The molecular weight excluding hydrogens is 289 g/mol. The second-order valence-corrected chi connectivity index (χ2v) is 5.25. The molecule has 2 heterocycles. The normalized spacial score (nSPS) is 13.2. The summed E-state index contributed by atoms with van der Waals surface area (Å²) in [6.07, 6.45) is -4.61. The minimum absolute atomic E-state index is 0.106. The lowest BCUT2D eigenvalue weighted by Crippen LogP contribution is -2.24. The number of halogens is 3. The van der Waals surface area contributed by atoms with Crippen LogP contribution in [-0.2, 0) is 6.18 Å². The van der Waals surface area contributed by atoms with Crippen LogP contribution in [0.4, 0.5) is 24.8 Å². The van der Waals surface area contributed by atoms with Crippen LogP contribution in [0.15, 0.2) is 23.6 Å². The fourth-order valence-corrected chi connectivity index (χ4v) is 2.50. The minimum atomic E-state index is -4.61. The number of nitrogens with zero attached hydrogens (tertiary/aromatic N) is 3. The summed E-state index contributed by atoms with van der Waals surface area (Å²) < 4.78 is 38.1. The monoisotopic (exact) mass is 302 g/mol. The van der Waals surface area contributed by atoms with Crippen LogP contribution in [0.3, 0.4) is 0 Å². The van der Waals surface area contributed by atoms with E-state index in [1.807, 2.05) is 24.4 Å². The number of rotatable bonds is 3. The molecule has 8 heteroatoms. The quantitative estimate of drug-likeness (QED) is 0.945. The van der Waals surface area contributed by atoms with Gasteiger partial charge >= 0.3 is 6.18 Å². The lowest BCUT2D eigenvalue weighted by atomic mass is 10.2. The van der Waals surface area contributed by atoms with Gasteiger partial charge < -0.3 is 10.6 Å². The van der Waals surface area contributed by atoms with Crippen LogP contribution in [0.25, 0.3) is 0 Å². The molecule has 0 fully saturated rings. The Bertz CT molecular complexity index is 583. The van der Waals surface area contributed by atoms with Gasteiger partial charge in [-0.3, -0.25) is 0 Å². The van der Waals surface area contributed by atoms with Gasteiger partial charge in [-0.15, -0.1) is 11.3 Å². The fraction of sp³-hybridized carbons (Fsp3) is 0.333. The van der Waals surface area contributed by atoms with Gasteiger partial charge in [-0.1, -0.05) is 6.07 Å². The number of nitrogens with two attached hydrogens (primary N) is 1. The molecule has 1 atom stereocenters. The molecule has 2 aromatic rings. The Morgan fingerprint density at radius 1 is 1.35 bits per heavy atom. The summed E-state index contributed by atoms with van der Waals surface area (Å²) in [7, 11) is 1.67. The highest BCUT2D eigenvalue weighted by Gasteiger charge is 2.35. The van der Waals surface area contributed by atoms with Crippen LogP contribution in [0.5, 0.6) is 0 Å². The van der Waals surface area contributed by atoms with Gasteiger partial charge in [0.1, 0.15) is 11.6 Å². The molecule has 1 unspecified atom stereocenters. The molecule has 0 radical (unpaired) electrons. The summed E-state index contributed by atoms with van der Waals surface area (Å²) in [5.41, 5.74) is 5.44. The first-order valence-electron chi connectivity index (χ1n) is 5.77. The Labute approximate surface area is 118 Å². The van der Waals surface area contributed by atoms with Gasteiger partial charge in [0, 0.05) is 18.0 Å².